The summed E-state index contributed by atoms with van der Waals surface area (Å²) >= 11 is 5.78. The first kappa shape index (κ1) is 23.5. The quantitative estimate of drug-likeness (QED) is 0.408. The second-order valence-electron chi connectivity index (χ2n) is 7.55. The molecule has 0 saturated carbocycles. The number of benzene rings is 1. The van der Waals surface area contributed by atoms with Crippen molar-refractivity contribution in [2.45, 2.75) is 38.3 Å². The number of nitrogens with one attached hydrogen (secondary N) is 2. The molecule has 2 N–H and O–H groups in total. The molecule has 3 rings (SSSR count). The molecule has 2 atom stereocenters. The number of nitrogens with zero attached hydrogens (tertiary/aromatic N) is 1. The molecule has 168 valence electrons. The fourth-order valence-corrected chi connectivity index (χ4v) is 3.43. The van der Waals surface area contributed by atoms with Gasteiger partial charge in [0.1, 0.15) is 11.3 Å². The van der Waals surface area contributed by atoms with Crippen molar-refractivity contribution in [3.05, 3.63) is 77.1 Å². The van der Waals surface area contributed by atoms with Crippen LogP contribution in [0.3, 0.4) is 0 Å². The Morgan fingerprint density at radius 2 is 1.97 bits per heavy atom. The van der Waals surface area contributed by atoms with E-state index in [1.165, 1.54) is 0 Å². The van der Waals surface area contributed by atoms with Crippen LogP contribution in [0.1, 0.15) is 42.9 Å². The predicted molar refractivity (Wildman–Crippen MR) is 120 cm³/mol. The van der Waals surface area contributed by atoms with Gasteiger partial charge in [-0.05, 0) is 30.0 Å². The van der Waals surface area contributed by atoms with Crippen molar-refractivity contribution in [3.63, 3.8) is 0 Å². The van der Waals surface area contributed by atoms with E-state index in [0.717, 1.165) is 11.1 Å². The smallest absolute Gasteiger partial charge is 0.306 e. The van der Waals surface area contributed by atoms with Crippen molar-refractivity contribution >= 4 is 29.4 Å². The zero-order valence-corrected chi connectivity index (χ0v) is 18.4. The van der Waals surface area contributed by atoms with E-state index >= 15 is 0 Å². The highest BCUT2D eigenvalue weighted by Crippen LogP contribution is 2.19. The van der Waals surface area contributed by atoms with Crippen LogP contribution in [0.15, 0.2) is 60.8 Å². The Kier molecular flexibility index (Phi) is 8.80. The lowest BCUT2D eigenvalue weighted by Gasteiger charge is -2.21. The molecule has 0 aliphatic carbocycles. The van der Waals surface area contributed by atoms with Crippen LogP contribution < -0.4 is 10.6 Å². The minimum atomic E-state index is -0.581. The third-order valence-corrected chi connectivity index (χ3v) is 5.31. The Bertz CT molecular complexity index is 947. The topological polar surface area (TPSA) is 97.4 Å². The molecule has 1 aliphatic rings. The molecule has 0 unspecified atom stereocenters. The second-order valence-corrected chi connectivity index (χ2v) is 7.93. The normalized spacial score (nSPS) is 20.8. The number of amides is 2. The number of hydrogen-bond donors (Lipinski definition) is 2. The van der Waals surface area contributed by atoms with Crippen LogP contribution in [0.2, 0.25) is 5.15 Å². The van der Waals surface area contributed by atoms with Gasteiger partial charge in [0.25, 0.3) is 0 Å². The Hall–Kier alpha value is -3.19. The van der Waals surface area contributed by atoms with Gasteiger partial charge in [0.15, 0.2) is 0 Å². The van der Waals surface area contributed by atoms with Gasteiger partial charge in [-0.25, -0.2) is 4.98 Å². The van der Waals surface area contributed by atoms with E-state index in [9.17, 15) is 14.4 Å². The first-order chi connectivity index (χ1) is 15.5. The number of carbonyl (C=O) groups excluding carboxylic acids is 3. The van der Waals surface area contributed by atoms with Crippen LogP contribution in [0.4, 0.5) is 0 Å². The van der Waals surface area contributed by atoms with Crippen molar-refractivity contribution in [1.29, 1.82) is 0 Å². The van der Waals surface area contributed by atoms with E-state index in [1.54, 1.807) is 18.3 Å². The van der Waals surface area contributed by atoms with Crippen LogP contribution in [0.5, 0.6) is 0 Å². The molecule has 0 radical (unpaired) electrons. The zero-order chi connectivity index (χ0) is 22.8. The second kappa shape index (κ2) is 12.0. The Balaban J connectivity index is 1.62. The summed E-state index contributed by atoms with van der Waals surface area (Å²) in [5.41, 5.74) is 1.62. The number of cyclic esters (lactones) is 1. The number of ether oxygens (including phenoxy) is 1. The maximum atomic E-state index is 12.8. The highest BCUT2D eigenvalue weighted by atomic mass is 35.5. The zero-order valence-electron chi connectivity index (χ0n) is 17.6. The van der Waals surface area contributed by atoms with Gasteiger partial charge in [-0.15, -0.1) is 0 Å². The Labute approximate surface area is 192 Å². The minimum absolute atomic E-state index is 0.0486. The fraction of sp³-hybridized carbons (Fsp3) is 0.333. The SMILES string of the molecule is O=C(C[C@@H]1C/C=C/CCC(=O)O[C@H](c2ccccc2)CNC1=O)NCc1ccc(Cl)nc1. The summed E-state index contributed by atoms with van der Waals surface area (Å²) in [7, 11) is 0. The highest BCUT2D eigenvalue weighted by molar-refractivity contribution is 6.29. The van der Waals surface area contributed by atoms with Gasteiger partial charge in [-0.2, -0.15) is 0 Å². The predicted octanol–water partition coefficient (Wildman–Crippen LogP) is 3.50. The molecule has 1 aromatic carbocycles. The van der Waals surface area contributed by atoms with Gasteiger partial charge in [0, 0.05) is 25.6 Å². The number of rotatable bonds is 5. The monoisotopic (exact) mass is 455 g/mol. The minimum Gasteiger partial charge on any atom is -0.456 e. The van der Waals surface area contributed by atoms with Gasteiger partial charge < -0.3 is 15.4 Å². The average Bonchev–Trinajstić information content (AvgIpc) is 2.80. The van der Waals surface area contributed by atoms with Crippen LogP contribution in [-0.2, 0) is 25.7 Å². The molecule has 2 amide bonds. The van der Waals surface area contributed by atoms with Gasteiger partial charge in [0.05, 0.1) is 12.5 Å². The molecule has 8 heteroatoms. The van der Waals surface area contributed by atoms with Crippen LogP contribution >= 0.6 is 11.6 Å². The fourth-order valence-electron chi connectivity index (χ4n) is 3.32. The molecule has 0 fully saturated rings. The number of carbonyl (C=O) groups is 3. The summed E-state index contributed by atoms with van der Waals surface area (Å²) in [5, 5.41) is 6.05. The van der Waals surface area contributed by atoms with Gasteiger partial charge in [-0.1, -0.05) is 60.2 Å². The largest absolute Gasteiger partial charge is 0.456 e. The van der Waals surface area contributed by atoms with Crippen LogP contribution in [0, 0.1) is 5.92 Å². The molecule has 0 bridgehead atoms. The molecule has 0 saturated heterocycles. The number of esters is 1. The first-order valence-electron chi connectivity index (χ1n) is 10.6. The van der Waals surface area contributed by atoms with Crippen LogP contribution in [-0.4, -0.2) is 29.3 Å². The van der Waals surface area contributed by atoms with E-state index in [2.05, 4.69) is 15.6 Å². The number of pyridine rings is 1. The maximum Gasteiger partial charge on any atom is 0.306 e. The first-order valence-corrected chi connectivity index (χ1v) is 10.9. The third-order valence-electron chi connectivity index (χ3n) is 5.09. The maximum absolute atomic E-state index is 12.8. The van der Waals surface area contributed by atoms with Gasteiger partial charge in [-0.3, -0.25) is 14.4 Å². The molecular formula is C24H26ClN3O4. The summed E-state index contributed by atoms with van der Waals surface area (Å²) in [4.78, 5) is 41.4. The van der Waals surface area contributed by atoms with Crippen molar-refractivity contribution in [1.82, 2.24) is 15.6 Å². The third kappa shape index (κ3) is 7.50. The lowest BCUT2D eigenvalue weighted by molar-refractivity contribution is -0.150. The standard InChI is InChI=1S/C24H26ClN3O4/c25-21-12-11-17(14-26-21)15-27-22(29)13-19-9-5-2-6-10-23(30)32-20(16-28-24(19)31)18-7-3-1-4-8-18/h1-5,7-8,11-12,14,19-20H,6,9-10,13,15-16H2,(H,27,29)(H,28,31)/b5-2+/t19-,20-/m0/s1. The molecule has 2 heterocycles. The van der Waals surface area contributed by atoms with E-state index in [-0.39, 0.29) is 37.2 Å². The lowest BCUT2D eigenvalue weighted by Crippen LogP contribution is -2.37. The van der Waals surface area contributed by atoms with E-state index < -0.39 is 12.0 Å². The van der Waals surface area contributed by atoms with E-state index in [0.29, 0.717) is 24.5 Å². The molecule has 1 aliphatic heterocycles. The summed E-state index contributed by atoms with van der Waals surface area (Å²) in [6.07, 6.45) is 5.93. The lowest BCUT2D eigenvalue weighted by atomic mass is 9.98. The highest BCUT2D eigenvalue weighted by Gasteiger charge is 2.24. The van der Waals surface area contributed by atoms with E-state index in [1.807, 2.05) is 42.5 Å². The summed E-state index contributed by atoms with van der Waals surface area (Å²) in [6, 6.07) is 12.7. The number of hydrogen-bond acceptors (Lipinski definition) is 5. The van der Waals surface area contributed by atoms with Crippen molar-refractivity contribution < 1.29 is 19.1 Å². The summed E-state index contributed by atoms with van der Waals surface area (Å²) < 4.78 is 5.59. The Morgan fingerprint density at radius 1 is 1.16 bits per heavy atom. The van der Waals surface area contributed by atoms with Crippen LogP contribution in [0.25, 0.3) is 0 Å². The molecule has 2 aromatic rings. The van der Waals surface area contributed by atoms with Gasteiger partial charge >= 0.3 is 5.97 Å². The molecule has 1 aromatic heterocycles. The average molecular weight is 456 g/mol. The molecule has 32 heavy (non-hydrogen) atoms. The molecule has 0 spiro atoms. The van der Waals surface area contributed by atoms with Crippen molar-refractivity contribution in [2.24, 2.45) is 5.92 Å². The number of aromatic nitrogens is 1. The number of allylic oxidation sites excluding steroid dienone is 2. The van der Waals surface area contributed by atoms with E-state index in [4.69, 9.17) is 16.3 Å². The Morgan fingerprint density at radius 3 is 2.72 bits per heavy atom. The molecule has 7 nitrogen and oxygen atoms in total. The van der Waals surface area contributed by atoms with Crippen molar-refractivity contribution in [2.75, 3.05) is 6.54 Å². The van der Waals surface area contributed by atoms with Gasteiger partial charge in [0.2, 0.25) is 11.8 Å². The number of halogens is 1. The molecular weight excluding hydrogens is 430 g/mol. The summed E-state index contributed by atoms with van der Waals surface area (Å²) in [6.45, 7) is 0.450. The van der Waals surface area contributed by atoms with Crippen molar-refractivity contribution in [3.8, 4) is 0 Å². The summed E-state index contributed by atoms with van der Waals surface area (Å²) in [5.74, 6) is -1.32.